The molecule has 0 fully saturated rings. The van der Waals surface area contributed by atoms with Crippen molar-refractivity contribution in [3.05, 3.63) is 52.5 Å². The van der Waals surface area contributed by atoms with E-state index >= 15 is 0 Å². The monoisotopic (exact) mass is 331 g/mol. The van der Waals surface area contributed by atoms with Crippen LogP contribution in [0.2, 0.25) is 0 Å². The number of para-hydroxylation sites is 2. The summed E-state index contributed by atoms with van der Waals surface area (Å²) >= 11 is 3.68. The highest BCUT2D eigenvalue weighted by Gasteiger charge is 2.22. The maximum Gasteiger partial charge on any atom is 0.0649 e. The fourth-order valence-electron chi connectivity index (χ4n) is 2.65. The minimum Gasteiger partial charge on any atom is -0.371 e. The Kier molecular flexibility index (Phi) is 3.68. The lowest BCUT2D eigenvalue weighted by Crippen LogP contribution is -2.36. The van der Waals surface area contributed by atoms with Crippen molar-refractivity contribution in [2.24, 2.45) is 5.73 Å². The van der Waals surface area contributed by atoms with Gasteiger partial charge in [0.1, 0.15) is 0 Å². The second-order valence-electron chi connectivity index (χ2n) is 5.05. The molecule has 20 heavy (non-hydrogen) atoms. The van der Waals surface area contributed by atoms with Gasteiger partial charge >= 0.3 is 0 Å². The first-order chi connectivity index (χ1) is 9.70. The predicted octanol–water partition coefficient (Wildman–Crippen LogP) is 3.50. The van der Waals surface area contributed by atoms with Crippen molar-refractivity contribution in [2.75, 3.05) is 29.9 Å². The maximum atomic E-state index is 5.70. The van der Waals surface area contributed by atoms with Gasteiger partial charge in [-0.25, -0.2) is 0 Å². The van der Waals surface area contributed by atoms with E-state index < -0.39 is 0 Å². The minimum absolute atomic E-state index is 0.568. The summed E-state index contributed by atoms with van der Waals surface area (Å²) in [5, 5.41) is 0. The molecule has 1 heterocycles. The van der Waals surface area contributed by atoms with Crippen LogP contribution in [0.1, 0.15) is 5.56 Å². The molecule has 0 saturated heterocycles. The zero-order valence-electron chi connectivity index (χ0n) is 11.5. The summed E-state index contributed by atoms with van der Waals surface area (Å²) in [5.74, 6) is 0. The van der Waals surface area contributed by atoms with E-state index in [1.54, 1.807) is 0 Å². The molecule has 0 amide bonds. The quantitative estimate of drug-likeness (QED) is 0.914. The maximum absolute atomic E-state index is 5.70. The van der Waals surface area contributed by atoms with Crippen LogP contribution in [0, 0.1) is 0 Å². The molecule has 0 unspecified atom stereocenters. The highest BCUT2D eigenvalue weighted by atomic mass is 79.9. The Balaban J connectivity index is 2.05. The lowest BCUT2D eigenvalue weighted by Gasteiger charge is -2.37. The van der Waals surface area contributed by atoms with E-state index in [1.807, 2.05) is 0 Å². The first-order valence-electron chi connectivity index (χ1n) is 6.77. The summed E-state index contributed by atoms with van der Waals surface area (Å²) in [6, 6.07) is 14.9. The molecule has 0 saturated carbocycles. The fourth-order valence-corrected chi connectivity index (χ4v) is 3.29. The number of hydrogen-bond donors (Lipinski definition) is 1. The van der Waals surface area contributed by atoms with Gasteiger partial charge in [0.25, 0.3) is 0 Å². The summed E-state index contributed by atoms with van der Waals surface area (Å²) in [6.07, 6.45) is 0. The highest BCUT2D eigenvalue weighted by Crippen LogP contribution is 2.39. The third-order valence-corrected chi connectivity index (χ3v) is 4.42. The summed E-state index contributed by atoms with van der Waals surface area (Å²) < 4.78 is 1.10. The lowest BCUT2D eigenvalue weighted by molar-refractivity contribution is 0.820. The third kappa shape index (κ3) is 2.30. The van der Waals surface area contributed by atoms with E-state index in [-0.39, 0.29) is 0 Å². The molecule has 2 N–H and O–H groups in total. The normalized spacial score (nSPS) is 14.3. The molecule has 0 spiro atoms. The average Bonchev–Trinajstić information content (AvgIpc) is 2.48. The van der Waals surface area contributed by atoms with Crippen LogP contribution in [0.15, 0.2) is 46.9 Å². The van der Waals surface area contributed by atoms with E-state index in [1.165, 1.54) is 17.1 Å². The molecule has 2 aromatic rings. The Bertz CT molecular complexity index is 627. The summed E-state index contributed by atoms with van der Waals surface area (Å²) in [4.78, 5) is 4.66. The van der Waals surface area contributed by atoms with Gasteiger partial charge in [-0.2, -0.15) is 0 Å². The summed E-state index contributed by atoms with van der Waals surface area (Å²) in [5.41, 5.74) is 10.6. The molecular formula is C16H18BrN3. The van der Waals surface area contributed by atoms with Crippen LogP contribution in [-0.2, 0) is 6.54 Å². The molecule has 1 aliphatic rings. The smallest absolute Gasteiger partial charge is 0.0649 e. The van der Waals surface area contributed by atoms with E-state index in [9.17, 15) is 0 Å². The molecule has 3 rings (SSSR count). The van der Waals surface area contributed by atoms with Gasteiger partial charge in [-0.1, -0.05) is 18.2 Å². The van der Waals surface area contributed by atoms with E-state index in [0.717, 1.165) is 23.1 Å². The number of nitrogens with zero attached hydrogens (tertiary/aromatic N) is 2. The van der Waals surface area contributed by atoms with Crippen molar-refractivity contribution in [1.29, 1.82) is 0 Å². The zero-order chi connectivity index (χ0) is 14.1. The summed E-state index contributed by atoms with van der Waals surface area (Å²) in [6.45, 7) is 2.56. The largest absolute Gasteiger partial charge is 0.371 e. The number of fused-ring (bicyclic) bond motifs is 1. The highest BCUT2D eigenvalue weighted by molar-refractivity contribution is 9.10. The molecule has 2 aromatic carbocycles. The Morgan fingerprint density at radius 2 is 1.80 bits per heavy atom. The standard InChI is InChI=1S/C16H18BrN3/c1-19-8-9-20(16-5-3-2-4-15(16)19)14-7-6-12(11-18)10-13(14)17/h2-7,10H,8-9,11,18H2,1H3. The van der Waals surface area contributed by atoms with Gasteiger partial charge in [0.15, 0.2) is 0 Å². The van der Waals surface area contributed by atoms with Crippen molar-refractivity contribution in [2.45, 2.75) is 6.54 Å². The number of halogens is 1. The van der Waals surface area contributed by atoms with Crippen LogP contribution in [0.5, 0.6) is 0 Å². The Morgan fingerprint density at radius 3 is 2.50 bits per heavy atom. The number of rotatable bonds is 2. The SMILES string of the molecule is CN1CCN(c2ccc(CN)cc2Br)c2ccccc21. The Morgan fingerprint density at radius 1 is 1.05 bits per heavy atom. The molecule has 0 aliphatic carbocycles. The van der Waals surface area contributed by atoms with Crippen molar-refractivity contribution < 1.29 is 0 Å². The van der Waals surface area contributed by atoms with Gasteiger partial charge in [0.2, 0.25) is 0 Å². The number of benzene rings is 2. The van der Waals surface area contributed by atoms with Gasteiger partial charge < -0.3 is 15.5 Å². The van der Waals surface area contributed by atoms with Gasteiger partial charge in [-0.15, -0.1) is 0 Å². The fraction of sp³-hybridized carbons (Fsp3) is 0.250. The molecule has 3 nitrogen and oxygen atoms in total. The lowest BCUT2D eigenvalue weighted by atomic mass is 10.1. The molecule has 0 radical (unpaired) electrons. The number of nitrogens with two attached hydrogens (primary N) is 1. The zero-order valence-corrected chi connectivity index (χ0v) is 13.1. The van der Waals surface area contributed by atoms with Crippen LogP contribution in [0.4, 0.5) is 17.1 Å². The molecule has 0 bridgehead atoms. The number of likely N-dealkylation sites (N-methyl/N-ethyl adjacent to an activating group) is 1. The molecule has 104 valence electrons. The molecule has 0 aromatic heterocycles. The first-order valence-corrected chi connectivity index (χ1v) is 7.56. The number of anilines is 3. The van der Waals surface area contributed by atoms with Crippen LogP contribution < -0.4 is 15.5 Å². The summed E-state index contributed by atoms with van der Waals surface area (Å²) in [7, 11) is 2.14. The number of hydrogen-bond acceptors (Lipinski definition) is 3. The molecule has 1 aliphatic heterocycles. The van der Waals surface area contributed by atoms with Crippen molar-refractivity contribution >= 4 is 33.0 Å². The topological polar surface area (TPSA) is 32.5 Å². The second-order valence-corrected chi connectivity index (χ2v) is 5.91. The molecule has 0 atom stereocenters. The van der Waals surface area contributed by atoms with E-state index in [4.69, 9.17) is 5.73 Å². The second kappa shape index (κ2) is 5.46. The van der Waals surface area contributed by atoms with Gasteiger partial charge in [-0.05, 0) is 45.8 Å². The van der Waals surface area contributed by atoms with Crippen molar-refractivity contribution in [1.82, 2.24) is 0 Å². The average molecular weight is 332 g/mol. The van der Waals surface area contributed by atoms with Crippen molar-refractivity contribution in [3.8, 4) is 0 Å². The van der Waals surface area contributed by atoms with Gasteiger partial charge in [-0.3, -0.25) is 0 Å². The minimum atomic E-state index is 0.568. The van der Waals surface area contributed by atoms with E-state index in [0.29, 0.717) is 6.54 Å². The first kappa shape index (κ1) is 13.5. The predicted molar refractivity (Wildman–Crippen MR) is 88.8 cm³/mol. The van der Waals surface area contributed by atoms with Crippen LogP contribution in [0.3, 0.4) is 0 Å². The van der Waals surface area contributed by atoms with Crippen molar-refractivity contribution in [3.63, 3.8) is 0 Å². The van der Waals surface area contributed by atoms with Crippen LogP contribution in [0.25, 0.3) is 0 Å². The van der Waals surface area contributed by atoms with E-state index in [2.05, 4.69) is 75.2 Å². The molecule has 4 heteroatoms. The Hall–Kier alpha value is -1.52. The molecular weight excluding hydrogens is 314 g/mol. The van der Waals surface area contributed by atoms with Gasteiger partial charge in [0, 0.05) is 31.2 Å². The van der Waals surface area contributed by atoms with Gasteiger partial charge in [0.05, 0.1) is 17.1 Å². The van der Waals surface area contributed by atoms with Crippen LogP contribution >= 0.6 is 15.9 Å². The van der Waals surface area contributed by atoms with Crippen LogP contribution in [-0.4, -0.2) is 20.1 Å². The Labute approximate surface area is 128 Å². The third-order valence-electron chi connectivity index (χ3n) is 3.78.